The zero-order valence-electron chi connectivity index (χ0n) is 14.8. The van der Waals surface area contributed by atoms with Gasteiger partial charge in [-0.15, -0.1) is 21.5 Å². The molecule has 2 heterocycles. The first-order valence-corrected chi connectivity index (χ1v) is 8.92. The number of benzene rings is 1. The number of nitrogens with one attached hydrogen (secondary N) is 1. The normalized spacial score (nSPS) is 10.4. The van der Waals surface area contributed by atoms with Gasteiger partial charge in [-0.1, -0.05) is 6.07 Å². The van der Waals surface area contributed by atoms with Crippen molar-refractivity contribution in [3.8, 4) is 16.5 Å². The third-order valence-electron chi connectivity index (χ3n) is 3.65. The number of methoxy groups -OCH3 is 1. The number of tetrazole rings is 1. The largest absolute Gasteiger partial charge is 0.497 e. The minimum Gasteiger partial charge on any atom is -0.497 e. The number of nitrogens with zero attached hydrogens (tertiary/aromatic N) is 5. The summed E-state index contributed by atoms with van der Waals surface area (Å²) >= 11 is 1.49. The van der Waals surface area contributed by atoms with E-state index in [0.717, 1.165) is 4.88 Å². The number of anilines is 1. The zero-order chi connectivity index (χ0) is 19.2. The highest BCUT2D eigenvalue weighted by molar-refractivity contribution is 7.13. The quantitative estimate of drug-likeness (QED) is 0.660. The molecule has 2 amide bonds. The molecule has 0 atom stereocenters. The molecule has 0 unspecified atom stereocenters. The summed E-state index contributed by atoms with van der Waals surface area (Å²) in [5, 5.41) is 16.6. The summed E-state index contributed by atoms with van der Waals surface area (Å²) in [5.74, 6) is 0.567. The van der Waals surface area contributed by atoms with Gasteiger partial charge in [0.05, 0.1) is 18.5 Å². The van der Waals surface area contributed by atoms with Crippen LogP contribution >= 0.6 is 11.3 Å². The Labute approximate surface area is 159 Å². The second-order valence-electron chi connectivity index (χ2n) is 5.65. The van der Waals surface area contributed by atoms with Gasteiger partial charge in [0.15, 0.2) is 0 Å². The third kappa shape index (κ3) is 4.88. The molecule has 0 radical (unpaired) electrons. The van der Waals surface area contributed by atoms with Crippen LogP contribution in [0.1, 0.15) is 0 Å². The van der Waals surface area contributed by atoms with Crippen molar-refractivity contribution in [2.24, 2.45) is 0 Å². The summed E-state index contributed by atoms with van der Waals surface area (Å²) in [6.45, 7) is -0.179. The molecule has 0 spiro atoms. The summed E-state index contributed by atoms with van der Waals surface area (Å²) in [4.78, 5) is 27.8. The second kappa shape index (κ2) is 8.41. The van der Waals surface area contributed by atoms with Crippen molar-refractivity contribution in [3.05, 3.63) is 41.8 Å². The monoisotopic (exact) mass is 386 g/mol. The summed E-state index contributed by atoms with van der Waals surface area (Å²) < 4.78 is 5.07. The first kappa shape index (κ1) is 18.5. The molecule has 0 fully saturated rings. The maximum Gasteiger partial charge on any atom is 0.246 e. The topological polar surface area (TPSA) is 102 Å². The van der Waals surface area contributed by atoms with E-state index in [2.05, 4.69) is 20.7 Å². The molecule has 9 nitrogen and oxygen atoms in total. The highest BCUT2D eigenvalue weighted by Gasteiger charge is 2.16. The number of amides is 2. The highest BCUT2D eigenvalue weighted by Crippen LogP contribution is 2.19. The third-order valence-corrected chi connectivity index (χ3v) is 4.52. The average molecular weight is 386 g/mol. The van der Waals surface area contributed by atoms with Gasteiger partial charge in [-0.2, -0.15) is 4.80 Å². The first-order chi connectivity index (χ1) is 13.0. The molecular formula is C17H18N6O3S. The lowest BCUT2D eigenvalue weighted by Crippen LogP contribution is -2.37. The molecular weight excluding hydrogens is 368 g/mol. The Morgan fingerprint density at radius 1 is 1.26 bits per heavy atom. The van der Waals surface area contributed by atoms with Crippen LogP contribution in [0.25, 0.3) is 10.7 Å². The summed E-state index contributed by atoms with van der Waals surface area (Å²) in [6, 6.07) is 10.7. The zero-order valence-corrected chi connectivity index (χ0v) is 15.6. The Balaban J connectivity index is 1.51. The number of carbonyl (C=O) groups excluding carboxylic acids is 2. The van der Waals surface area contributed by atoms with Crippen molar-refractivity contribution >= 4 is 28.8 Å². The van der Waals surface area contributed by atoms with Crippen molar-refractivity contribution in [1.82, 2.24) is 25.1 Å². The molecule has 0 aliphatic heterocycles. The van der Waals surface area contributed by atoms with E-state index < -0.39 is 0 Å². The summed E-state index contributed by atoms with van der Waals surface area (Å²) in [6.07, 6.45) is 0. The molecule has 1 aromatic carbocycles. The van der Waals surface area contributed by atoms with Gasteiger partial charge in [-0.05, 0) is 40.9 Å². The van der Waals surface area contributed by atoms with Gasteiger partial charge in [0.1, 0.15) is 12.3 Å². The van der Waals surface area contributed by atoms with Gasteiger partial charge in [-0.25, -0.2) is 0 Å². The van der Waals surface area contributed by atoms with Gasteiger partial charge in [0, 0.05) is 12.7 Å². The summed E-state index contributed by atoms with van der Waals surface area (Å²) in [5.41, 5.74) is 0.625. The molecule has 3 rings (SSSR count). The van der Waals surface area contributed by atoms with Crippen LogP contribution in [0.2, 0.25) is 0 Å². The summed E-state index contributed by atoms with van der Waals surface area (Å²) in [7, 11) is 3.12. The molecule has 10 heteroatoms. The van der Waals surface area contributed by atoms with Gasteiger partial charge in [-0.3, -0.25) is 9.59 Å². The van der Waals surface area contributed by atoms with Gasteiger partial charge in [0.2, 0.25) is 17.6 Å². The standard InChI is InChI=1S/C17H18N6O3S/c1-22(10-15(24)18-12-5-7-13(26-2)8-6-12)16(25)11-23-20-17(19-21-23)14-4-3-9-27-14/h3-9H,10-11H2,1-2H3,(H,18,24). The molecule has 0 saturated carbocycles. The SMILES string of the molecule is COc1ccc(NC(=O)CN(C)C(=O)Cn2nnc(-c3cccs3)n2)cc1. The second-order valence-corrected chi connectivity index (χ2v) is 6.59. The first-order valence-electron chi connectivity index (χ1n) is 8.04. The lowest BCUT2D eigenvalue weighted by atomic mass is 10.3. The number of ether oxygens (including phenoxy) is 1. The minimum absolute atomic E-state index is 0.0860. The fraction of sp³-hybridized carbons (Fsp3) is 0.235. The Kier molecular flexibility index (Phi) is 5.77. The number of thiophene rings is 1. The van der Waals surface area contributed by atoms with E-state index in [1.165, 1.54) is 21.0 Å². The molecule has 0 aliphatic carbocycles. The number of carbonyl (C=O) groups is 2. The van der Waals surface area contributed by atoms with Crippen LogP contribution in [-0.2, 0) is 16.1 Å². The molecule has 0 aliphatic rings. The minimum atomic E-state index is -0.304. The Morgan fingerprint density at radius 2 is 2.04 bits per heavy atom. The molecule has 2 aromatic heterocycles. The fourth-order valence-corrected chi connectivity index (χ4v) is 2.88. The van der Waals surface area contributed by atoms with Crippen LogP contribution < -0.4 is 10.1 Å². The van der Waals surface area contributed by atoms with E-state index in [0.29, 0.717) is 17.3 Å². The van der Waals surface area contributed by atoms with Crippen molar-refractivity contribution in [1.29, 1.82) is 0 Å². The van der Waals surface area contributed by atoms with E-state index >= 15 is 0 Å². The van der Waals surface area contributed by atoms with E-state index in [4.69, 9.17) is 4.74 Å². The lowest BCUT2D eigenvalue weighted by Gasteiger charge is -2.16. The van der Waals surface area contributed by atoms with Crippen molar-refractivity contribution in [2.45, 2.75) is 6.54 Å². The number of aromatic nitrogens is 4. The van der Waals surface area contributed by atoms with Gasteiger partial charge < -0.3 is 15.0 Å². The van der Waals surface area contributed by atoms with E-state index in [1.807, 2.05) is 17.5 Å². The van der Waals surface area contributed by atoms with E-state index in [9.17, 15) is 9.59 Å². The molecule has 1 N–H and O–H groups in total. The lowest BCUT2D eigenvalue weighted by molar-refractivity contribution is -0.134. The number of hydrogen-bond acceptors (Lipinski definition) is 7. The number of hydrogen-bond donors (Lipinski definition) is 1. The molecule has 140 valence electrons. The highest BCUT2D eigenvalue weighted by atomic mass is 32.1. The van der Waals surface area contributed by atoms with Gasteiger partial charge >= 0.3 is 0 Å². The Bertz CT molecular complexity index is 907. The van der Waals surface area contributed by atoms with Crippen LogP contribution in [-0.4, -0.2) is 57.6 Å². The Morgan fingerprint density at radius 3 is 2.70 bits per heavy atom. The van der Waals surface area contributed by atoms with E-state index in [-0.39, 0.29) is 24.9 Å². The number of likely N-dealkylation sites (N-methyl/N-ethyl adjacent to an activating group) is 1. The van der Waals surface area contributed by atoms with Crippen molar-refractivity contribution in [2.75, 3.05) is 26.0 Å². The number of rotatable bonds is 7. The maximum absolute atomic E-state index is 12.3. The predicted octanol–water partition coefficient (Wildman–Crippen LogP) is 1.51. The molecule has 27 heavy (non-hydrogen) atoms. The van der Waals surface area contributed by atoms with Crippen LogP contribution in [0.4, 0.5) is 5.69 Å². The van der Waals surface area contributed by atoms with Crippen molar-refractivity contribution < 1.29 is 14.3 Å². The molecule has 0 saturated heterocycles. The smallest absolute Gasteiger partial charge is 0.246 e. The Hall–Kier alpha value is -3.27. The maximum atomic E-state index is 12.3. The van der Waals surface area contributed by atoms with Gasteiger partial charge in [0.25, 0.3) is 0 Å². The van der Waals surface area contributed by atoms with Crippen LogP contribution in [0.3, 0.4) is 0 Å². The van der Waals surface area contributed by atoms with Crippen LogP contribution in [0, 0.1) is 0 Å². The van der Waals surface area contributed by atoms with Crippen LogP contribution in [0.15, 0.2) is 41.8 Å². The van der Waals surface area contributed by atoms with Crippen LogP contribution in [0.5, 0.6) is 5.75 Å². The van der Waals surface area contributed by atoms with E-state index in [1.54, 1.807) is 38.4 Å². The fourth-order valence-electron chi connectivity index (χ4n) is 2.23. The molecule has 3 aromatic rings. The average Bonchev–Trinajstić information content (AvgIpc) is 3.33. The molecule has 0 bridgehead atoms. The predicted molar refractivity (Wildman–Crippen MR) is 100 cm³/mol. The van der Waals surface area contributed by atoms with Crippen molar-refractivity contribution in [3.63, 3.8) is 0 Å².